The molecule has 1 saturated heterocycles. The third kappa shape index (κ3) is 2.85. The summed E-state index contributed by atoms with van der Waals surface area (Å²) < 4.78 is 0. The van der Waals surface area contributed by atoms with Crippen LogP contribution in [0.15, 0.2) is 18.2 Å². The summed E-state index contributed by atoms with van der Waals surface area (Å²) in [5.74, 6) is -0.344. The Morgan fingerprint density at radius 1 is 1.58 bits per heavy atom. The van der Waals surface area contributed by atoms with Crippen molar-refractivity contribution >= 4 is 23.2 Å². The van der Waals surface area contributed by atoms with Gasteiger partial charge in [-0.05, 0) is 19.1 Å². The van der Waals surface area contributed by atoms with Crippen molar-refractivity contribution in [1.82, 2.24) is 10.2 Å². The molecule has 0 saturated carbocycles. The number of nitrogens with zero attached hydrogens (tertiary/aromatic N) is 2. The van der Waals surface area contributed by atoms with Gasteiger partial charge in [-0.1, -0.05) is 11.6 Å². The number of carbonyl (C=O) groups is 1. The zero-order valence-corrected chi connectivity index (χ0v) is 11.2. The van der Waals surface area contributed by atoms with Gasteiger partial charge in [-0.3, -0.25) is 14.9 Å². The Morgan fingerprint density at radius 3 is 2.95 bits per heavy atom. The topological polar surface area (TPSA) is 75.5 Å². The summed E-state index contributed by atoms with van der Waals surface area (Å²) in [5.41, 5.74) is -0.161. The number of nitrogens with one attached hydrogen (secondary N) is 1. The quantitative estimate of drug-likeness (QED) is 0.662. The first-order chi connectivity index (χ1) is 9.00. The molecule has 1 aliphatic heterocycles. The van der Waals surface area contributed by atoms with Crippen LogP contribution >= 0.6 is 11.6 Å². The van der Waals surface area contributed by atoms with Crippen molar-refractivity contribution in [1.29, 1.82) is 0 Å². The molecule has 0 aromatic heterocycles. The monoisotopic (exact) mass is 283 g/mol. The van der Waals surface area contributed by atoms with Gasteiger partial charge in [-0.2, -0.15) is 0 Å². The number of hydrogen-bond acceptors (Lipinski definition) is 4. The van der Waals surface area contributed by atoms with Crippen molar-refractivity contribution in [2.24, 2.45) is 0 Å². The van der Waals surface area contributed by atoms with Gasteiger partial charge >= 0.3 is 0 Å². The summed E-state index contributed by atoms with van der Waals surface area (Å²) in [6.07, 6.45) is 0. The first kappa shape index (κ1) is 13.8. The fourth-order valence-electron chi connectivity index (χ4n) is 2.14. The van der Waals surface area contributed by atoms with Crippen LogP contribution in [0.5, 0.6) is 0 Å². The molecule has 1 atom stereocenters. The lowest BCUT2D eigenvalue weighted by Crippen LogP contribution is -2.52. The second-order valence-electron chi connectivity index (χ2n) is 4.47. The van der Waals surface area contributed by atoms with E-state index in [0.717, 1.165) is 0 Å². The lowest BCUT2D eigenvalue weighted by Gasteiger charge is -2.33. The summed E-state index contributed by atoms with van der Waals surface area (Å²) in [4.78, 5) is 24.5. The summed E-state index contributed by atoms with van der Waals surface area (Å²) in [6.45, 7) is 3.80. The zero-order chi connectivity index (χ0) is 14.0. The first-order valence-electron chi connectivity index (χ1n) is 5.96. The van der Waals surface area contributed by atoms with E-state index in [4.69, 9.17) is 11.6 Å². The Kier molecular flexibility index (Phi) is 4.01. The Hall–Kier alpha value is -1.66. The van der Waals surface area contributed by atoms with E-state index in [0.29, 0.717) is 24.7 Å². The van der Waals surface area contributed by atoms with E-state index >= 15 is 0 Å². The molecular formula is C12H14ClN3O3. The predicted octanol–water partition coefficient (Wildman–Crippen LogP) is 1.68. The van der Waals surface area contributed by atoms with Crippen molar-refractivity contribution in [3.63, 3.8) is 0 Å². The van der Waals surface area contributed by atoms with Crippen LogP contribution in [0.2, 0.25) is 5.02 Å². The normalized spacial score (nSPS) is 19.3. The highest BCUT2D eigenvalue weighted by Gasteiger charge is 2.29. The molecule has 1 heterocycles. The average Bonchev–Trinajstić information content (AvgIpc) is 2.38. The number of benzene rings is 1. The maximum absolute atomic E-state index is 12.4. The first-order valence-corrected chi connectivity index (χ1v) is 6.34. The highest BCUT2D eigenvalue weighted by molar-refractivity contribution is 6.31. The number of carbonyl (C=O) groups excluding carboxylic acids is 1. The fourth-order valence-corrected chi connectivity index (χ4v) is 2.31. The highest BCUT2D eigenvalue weighted by Crippen LogP contribution is 2.25. The minimum Gasteiger partial charge on any atom is -0.333 e. The van der Waals surface area contributed by atoms with E-state index < -0.39 is 4.92 Å². The second kappa shape index (κ2) is 5.54. The van der Waals surface area contributed by atoms with Crippen LogP contribution in [-0.4, -0.2) is 41.4 Å². The molecule has 1 aromatic carbocycles. The third-order valence-electron chi connectivity index (χ3n) is 3.15. The fraction of sp³-hybridized carbons (Fsp3) is 0.417. The van der Waals surface area contributed by atoms with Gasteiger partial charge in [-0.25, -0.2) is 0 Å². The zero-order valence-electron chi connectivity index (χ0n) is 10.4. The largest absolute Gasteiger partial charge is 0.333 e. The maximum Gasteiger partial charge on any atom is 0.282 e. The Morgan fingerprint density at radius 2 is 2.32 bits per heavy atom. The summed E-state index contributed by atoms with van der Waals surface area (Å²) in [5, 5.41) is 14.5. The number of rotatable bonds is 2. The molecule has 0 spiro atoms. The number of amides is 1. The van der Waals surface area contributed by atoms with Gasteiger partial charge in [0.05, 0.1) is 4.92 Å². The van der Waals surface area contributed by atoms with Gasteiger partial charge in [0.1, 0.15) is 5.56 Å². The van der Waals surface area contributed by atoms with Crippen LogP contribution in [0.3, 0.4) is 0 Å². The molecular weight excluding hydrogens is 270 g/mol. The van der Waals surface area contributed by atoms with E-state index in [2.05, 4.69) is 5.32 Å². The molecule has 1 aromatic rings. The minimum absolute atomic E-state index is 0.000152. The van der Waals surface area contributed by atoms with Crippen LogP contribution in [0.1, 0.15) is 17.3 Å². The van der Waals surface area contributed by atoms with E-state index in [1.165, 1.54) is 18.2 Å². The lowest BCUT2D eigenvalue weighted by molar-refractivity contribution is -0.385. The maximum atomic E-state index is 12.4. The number of nitro groups is 1. The predicted molar refractivity (Wildman–Crippen MR) is 71.5 cm³/mol. The number of nitro benzene ring substituents is 1. The standard InChI is InChI=1S/C12H14ClN3O3/c1-8-7-14-4-5-15(8)12(17)10-6-9(13)2-3-11(10)16(18)19/h2-3,6,8,14H,4-5,7H2,1H3. The van der Waals surface area contributed by atoms with E-state index in [1.54, 1.807) is 4.90 Å². The van der Waals surface area contributed by atoms with Gasteiger partial charge in [0.15, 0.2) is 0 Å². The van der Waals surface area contributed by atoms with Gasteiger partial charge in [0, 0.05) is 36.8 Å². The van der Waals surface area contributed by atoms with Crippen LogP contribution in [0, 0.1) is 10.1 Å². The molecule has 1 aliphatic rings. The molecule has 0 aliphatic carbocycles. The molecule has 0 radical (unpaired) electrons. The summed E-state index contributed by atoms with van der Waals surface area (Å²) in [6, 6.07) is 4.04. The molecule has 102 valence electrons. The smallest absolute Gasteiger partial charge is 0.282 e. The SMILES string of the molecule is CC1CNCCN1C(=O)c1cc(Cl)ccc1[N+](=O)[O-]. The van der Waals surface area contributed by atoms with Gasteiger partial charge in [0.25, 0.3) is 11.6 Å². The van der Waals surface area contributed by atoms with Crippen LogP contribution < -0.4 is 5.32 Å². The summed E-state index contributed by atoms with van der Waals surface area (Å²) in [7, 11) is 0. The molecule has 1 amide bonds. The molecule has 1 unspecified atom stereocenters. The Balaban J connectivity index is 2.37. The van der Waals surface area contributed by atoms with Crippen molar-refractivity contribution < 1.29 is 9.72 Å². The molecule has 2 rings (SSSR count). The van der Waals surface area contributed by atoms with E-state index in [9.17, 15) is 14.9 Å². The van der Waals surface area contributed by atoms with Crippen LogP contribution in [0.25, 0.3) is 0 Å². The van der Waals surface area contributed by atoms with Gasteiger partial charge in [-0.15, -0.1) is 0 Å². The van der Waals surface area contributed by atoms with E-state index in [-0.39, 0.29) is 23.2 Å². The minimum atomic E-state index is -0.559. The Labute approximate surface area is 115 Å². The Bertz CT molecular complexity index is 521. The van der Waals surface area contributed by atoms with E-state index in [1.807, 2.05) is 6.92 Å². The highest BCUT2D eigenvalue weighted by atomic mass is 35.5. The lowest BCUT2D eigenvalue weighted by atomic mass is 10.1. The molecule has 1 fully saturated rings. The molecule has 0 bridgehead atoms. The van der Waals surface area contributed by atoms with Crippen LogP contribution in [0.4, 0.5) is 5.69 Å². The van der Waals surface area contributed by atoms with Crippen molar-refractivity contribution in [3.8, 4) is 0 Å². The van der Waals surface area contributed by atoms with Gasteiger partial charge < -0.3 is 10.2 Å². The molecule has 19 heavy (non-hydrogen) atoms. The number of halogens is 1. The average molecular weight is 284 g/mol. The molecule has 6 nitrogen and oxygen atoms in total. The van der Waals surface area contributed by atoms with Crippen LogP contribution in [-0.2, 0) is 0 Å². The number of piperazine rings is 1. The van der Waals surface area contributed by atoms with Gasteiger partial charge in [0.2, 0.25) is 0 Å². The van der Waals surface area contributed by atoms with Crippen molar-refractivity contribution in [2.75, 3.05) is 19.6 Å². The second-order valence-corrected chi connectivity index (χ2v) is 4.91. The molecule has 1 N–H and O–H groups in total. The van der Waals surface area contributed by atoms with Crippen molar-refractivity contribution in [3.05, 3.63) is 38.9 Å². The third-order valence-corrected chi connectivity index (χ3v) is 3.38. The summed E-state index contributed by atoms with van der Waals surface area (Å²) >= 11 is 5.84. The molecule has 7 heteroatoms. The number of hydrogen-bond donors (Lipinski definition) is 1. The van der Waals surface area contributed by atoms with Crippen molar-refractivity contribution in [2.45, 2.75) is 13.0 Å².